The van der Waals surface area contributed by atoms with Crippen molar-refractivity contribution >= 4 is 27.6 Å². The molecule has 1 aliphatic heterocycles. The van der Waals surface area contributed by atoms with Crippen molar-refractivity contribution in [1.82, 2.24) is 0 Å². The lowest BCUT2D eigenvalue weighted by Crippen LogP contribution is -2.24. The standard InChI is InChI=1S/C15H20BrNO3/c1-2-20-15(18)12-5-6-14(13(16)8-12)17-9-11-4-3-7-19-10-11/h5-6,8,11,17H,2-4,7,9-10H2,1H3. The van der Waals surface area contributed by atoms with Crippen molar-refractivity contribution in [3.05, 3.63) is 28.2 Å². The van der Waals surface area contributed by atoms with E-state index in [1.165, 1.54) is 6.42 Å². The van der Waals surface area contributed by atoms with Crippen molar-refractivity contribution < 1.29 is 14.3 Å². The van der Waals surface area contributed by atoms with Crippen molar-refractivity contribution in [3.8, 4) is 0 Å². The molecule has 0 bridgehead atoms. The van der Waals surface area contributed by atoms with Gasteiger partial charge in [0.2, 0.25) is 0 Å². The molecule has 1 aromatic rings. The number of esters is 1. The minimum Gasteiger partial charge on any atom is -0.462 e. The molecule has 0 aliphatic carbocycles. The van der Waals surface area contributed by atoms with E-state index in [-0.39, 0.29) is 5.97 Å². The van der Waals surface area contributed by atoms with Crippen LogP contribution >= 0.6 is 15.9 Å². The largest absolute Gasteiger partial charge is 0.462 e. The van der Waals surface area contributed by atoms with Gasteiger partial charge in [0.15, 0.2) is 0 Å². The fraction of sp³-hybridized carbons (Fsp3) is 0.533. The molecule has 1 saturated heterocycles. The molecule has 0 aromatic heterocycles. The van der Waals surface area contributed by atoms with Gasteiger partial charge in [0.1, 0.15) is 0 Å². The van der Waals surface area contributed by atoms with Crippen LogP contribution in [0.2, 0.25) is 0 Å². The molecular weight excluding hydrogens is 322 g/mol. The Bertz CT molecular complexity index is 458. The van der Waals surface area contributed by atoms with Crippen LogP contribution in [0.5, 0.6) is 0 Å². The number of rotatable bonds is 5. The third-order valence-corrected chi connectivity index (χ3v) is 3.97. The zero-order chi connectivity index (χ0) is 14.4. The second kappa shape index (κ2) is 7.64. The molecule has 20 heavy (non-hydrogen) atoms. The zero-order valence-electron chi connectivity index (χ0n) is 11.7. The van der Waals surface area contributed by atoms with Gasteiger partial charge in [-0.3, -0.25) is 0 Å². The molecule has 5 heteroatoms. The number of hydrogen-bond acceptors (Lipinski definition) is 4. The SMILES string of the molecule is CCOC(=O)c1ccc(NCC2CCCOC2)c(Br)c1. The lowest BCUT2D eigenvalue weighted by molar-refractivity contribution is 0.0526. The van der Waals surface area contributed by atoms with Crippen LogP contribution in [0.3, 0.4) is 0 Å². The van der Waals surface area contributed by atoms with Gasteiger partial charge < -0.3 is 14.8 Å². The molecule has 0 spiro atoms. The molecule has 1 N–H and O–H groups in total. The third kappa shape index (κ3) is 4.21. The molecule has 1 aliphatic rings. The topological polar surface area (TPSA) is 47.6 Å². The first-order valence-electron chi connectivity index (χ1n) is 6.99. The second-order valence-corrected chi connectivity index (χ2v) is 5.73. The van der Waals surface area contributed by atoms with Crippen LogP contribution in [0.1, 0.15) is 30.1 Å². The minimum absolute atomic E-state index is 0.291. The van der Waals surface area contributed by atoms with Crippen LogP contribution < -0.4 is 5.32 Å². The number of halogens is 1. The van der Waals surface area contributed by atoms with Crippen LogP contribution in [0.15, 0.2) is 22.7 Å². The molecular formula is C15H20BrNO3. The van der Waals surface area contributed by atoms with Gasteiger partial charge in [-0.05, 0) is 59.8 Å². The molecule has 1 heterocycles. The van der Waals surface area contributed by atoms with Crippen molar-refractivity contribution in [2.24, 2.45) is 5.92 Å². The Morgan fingerprint density at radius 1 is 1.55 bits per heavy atom. The third-order valence-electron chi connectivity index (χ3n) is 3.32. The maximum atomic E-state index is 11.6. The average molecular weight is 342 g/mol. The van der Waals surface area contributed by atoms with Crippen molar-refractivity contribution in [1.29, 1.82) is 0 Å². The highest BCUT2D eigenvalue weighted by molar-refractivity contribution is 9.10. The molecule has 2 rings (SSSR count). The van der Waals surface area contributed by atoms with Gasteiger partial charge in [-0.2, -0.15) is 0 Å². The van der Waals surface area contributed by atoms with Crippen molar-refractivity contribution in [2.45, 2.75) is 19.8 Å². The predicted molar refractivity (Wildman–Crippen MR) is 82.1 cm³/mol. The lowest BCUT2D eigenvalue weighted by atomic mass is 10.0. The van der Waals surface area contributed by atoms with E-state index in [0.717, 1.165) is 36.3 Å². The number of ether oxygens (including phenoxy) is 2. The van der Waals surface area contributed by atoms with Crippen LogP contribution in [0.4, 0.5) is 5.69 Å². The Labute approximate surface area is 128 Å². The van der Waals surface area contributed by atoms with Crippen LogP contribution in [0.25, 0.3) is 0 Å². The van der Waals surface area contributed by atoms with Gasteiger partial charge in [0, 0.05) is 23.3 Å². The molecule has 0 amide bonds. The summed E-state index contributed by atoms with van der Waals surface area (Å²) in [7, 11) is 0. The Kier molecular flexibility index (Phi) is 5.86. The molecule has 1 aromatic carbocycles. The normalized spacial score (nSPS) is 18.6. The van der Waals surface area contributed by atoms with Gasteiger partial charge in [-0.25, -0.2) is 4.79 Å². The summed E-state index contributed by atoms with van der Waals surface area (Å²) in [5.41, 5.74) is 1.55. The first-order chi connectivity index (χ1) is 9.70. The first kappa shape index (κ1) is 15.3. The Morgan fingerprint density at radius 2 is 2.40 bits per heavy atom. The lowest BCUT2D eigenvalue weighted by Gasteiger charge is -2.23. The highest BCUT2D eigenvalue weighted by atomic mass is 79.9. The van der Waals surface area contributed by atoms with E-state index in [1.807, 2.05) is 6.07 Å². The summed E-state index contributed by atoms with van der Waals surface area (Å²) < 4.78 is 11.3. The van der Waals surface area contributed by atoms with E-state index in [9.17, 15) is 4.79 Å². The fourth-order valence-corrected chi connectivity index (χ4v) is 2.74. The summed E-state index contributed by atoms with van der Waals surface area (Å²) in [6.07, 6.45) is 2.33. The van der Waals surface area contributed by atoms with E-state index < -0.39 is 0 Å². The van der Waals surface area contributed by atoms with Gasteiger partial charge in [-0.1, -0.05) is 0 Å². The Balaban J connectivity index is 1.93. The van der Waals surface area contributed by atoms with E-state index in [0.29, 0.717) is 18.1 Å². The summed E-state index contributed by atoms with van der Waals surface area (Å²) in [5, 5.41) is 3.40. The van der Waals surface area contributed by atoms with E-state index in [1.54, 1.807) is 19.1 Å². The number of hydrogen-bond donors (Lipinski definition) is 1. The van der Waals surface area contributed by atoms with Crippen LogP contribution in [0, 0.1) is 5.92 Å². The van der Waals surface area contributed by atoms with Gasteiger partial charge in [0.05, 0.1) is 18.8 Å². The fourth-order valence-electron chi connectivity index (χ4n) is 2.22. The number of benzene rings is 1. The van der Waals surface area contributed by atoms with E-state index in [2.05, 4.69) is 21.2 Å². The maximum absolute atomic E-state index is 11.6. The summed E-state index contributed by atoms with van der Waals surface area (Å²) in [4.78, 5) is 11.6. The molecule has 4 nitrogen and oxygen atoms in total. The quantitative estimate of drug-likeness (QED) is 0.833. The number of carbonyl (C=O) groups excluding carboxylic acids is 1. The highest BCUT2D eigenvalue weighted by Crippen LogP contribution is 2.25. The summed E-state index contributed by atoms with van der Waals surface area (Å²) in [6.45, 7) is 4.78. The van der Waals surface area contributed by atoms with Gasteiger partial charge in [0.25, 0.3) is 0 Å². The van der Waals surface area contributed by atoms with Crippen molar-refractivity contribution in [2.75, 3.05) is 31.7 Å². The van der Waals surface area contributed by atoms with E-state index in [4.69, 9.17) is 9.47 Å². The summed E-state index contributed by atoms with van der Waals surface area (Å²) >= 11 is 3.49. The first-order valence-corrected chi connectivity index (χ1v) is 7.78. The molecule has 110 valence electrons. The molecule has 1 atom stereocenters. The highest BCUT2D eigenvalue weighted by Gasteiger charge is 2.14. The smallest absolute Gasteiger partial charge is 0.338 e. The monoisotopic (exact) mass is 341 g/mol. The molecule has 1 unspecified atom stereocenters. The van der Waals surface area contributed by atoms with Crippen molar-refractivity contribution in [3.63, 3.8) is 0 Å². The summed E-state index contributed by atoms with van der Waals surface area (Å²) in [6, 6.07) is 5.47. The molecule has 0 radical (unpaired) electrons. The number of carbonyl (C=O) groups is 1. The Hall–Kier alpha value is -1.07. The maximum Gasteiger partial charge on any atom is 0.338 e. The van der Waals surface area contributed by atoms with E-state index >= 15 is 0 Å². The molecule has 0 saturated carbocycles. The predicted octanol–water partition coefficient (Wildman–Crippen LogP) is 3.46. The Morgan fingerprint density at radius 3 is 3.05 bits per heavy atom. The van der Waals surface area contributed by atoms with Crippen LogP contribution in [-0.2, 0) is 9.47 Å². The van der Waals surface area contributed by atoms with Gasteiger partial charge >= 0.3 is 5.97 Å². The minimum atomic E-state index is -0.291. The van der Waals surface area contributed by atoms with Crippen LogP contribution in [-0.4, -0.2) is 32.3 Å². The average Bonchev–Trinajstić information content (AvgIpc) is 2.47. The summed E-state index contributed by atoms with van der Waals surface area (Å²) in [5.74, 6) is 0.265. The molecule has 1 fully saturated rings. The number of anilines is 1. The zero-order valence-corrected chi connectivity index (χ0v) is 13.2. The second-order valence-electron chi connectivity index (χ2n) is 4.88. The van der Waals surface area contributed by atoms with Gasteiger partial charge in [-0.15, -0.1) is 0 Å². The number of nitrogens with one attached hydrogen (secondary N) is 1.